The fraction of sp³-hybridized carbons (Fsp3) is 0.250. The van der Waals surface area contributed by atoms with Gasteiger partial charge in [-0.2, -0.15) is 0 Å². The number of hydrogen-bond acceptors (Lipinski definition) is 4. The standard InChI is InChI=1S/C24H23N5O3/c30-21(26-13-17-5-7-18(8-6-17)14-28-12-11-25-16-28)15-29-22(31)24(27-23(29)32)10-9-19-3-1-2-4-20(19)24/h1-8,11-12,16H,9-10,13-15H2,(H,26,30)(H,27,32). The van der Waals surface area contributed by atoms with Crippen LogP contribution in [0.15, 0.2) is 67.3 Å². The van der Waals surface area contributed by atoms with E-state index in [0.717, 1.165) is 40.1 Å². The van der Waals surface area contributed by atoms with Gasteiger partial charge in [0.25, 0.3) is 5.91 Å². The Hall–Kier alpha value is -3.94. The first kappa shape index (κ1) is 20.0. The highest BCUT2D eigenvalue weighted by atomic mass is 16.2. The van der Waals surface area contributed by atoms with Crippen molar-refractivity contribution in [2.24, 2.45) is 0 Å². The third-order valence-corrected chi connectivity index (χ3v) is 6.16. The van der Waals surface area contributed by atoms with E-state index in [-0.39, 0.29) is 18.4 Å². The number of carbonyl (C=O) groups excluding carboxylic acids is 3. The maximum Gasteiger partial charge on any atom is 0.325 e. The second-order valence-corrected chi connectivity index (χ2v) is 8.21. The summed E-state index contributed by atoms with van der Waals surface area (Å²) < 4.78 is 1.98. The Morgan fingerprint density at radius 2 is 1.88 bits per heavy atom. The van der Waals surface area contributed by atoms with E-state index >= 15 is 0 Å². The Bertz CT molecular complexity index is 1170. The van der Waals surface area contributed by atoms with Crippen LogP contribution in [0.5, 0.6) is 0 Å². The van der Waals surface area contributed by atoms with Crippen LogP contribution in [0.4, 0.5) is 4.79 Å². The molecule has 8 nitrogen and oxygen atoms in total. The highest BCUT2D eigenvalue weighted by Crippen LogP contribution is 2.41. The average molecular weight is 429 g/mol. The van der Waals surface area contributed by atoms with Gasteiger partial charge < -0.3 is 15.2 Å². The van der Waals surface area contributed by atoms with Crippen molar-refractivity contribution in [3.63, 3.8) is 0 Å². The van der Waals surface area contributed by atoms with E-state index in [4.69, 9.17) is 0 Å². The third-order valence-electron chi connectivity index (χ3n) is 6.16. The number of fused-ring (bicyclic) bond motifs is 2. The van der Waals surface area contributed by atoms with Crippen LogP contribution >= 0.6 is 0 Å². The molecule has 3 aromatic rings. The highest BCUT2D eigenvalue weighted by Gasteiger charge is 2.55. The number of benzene rings is 2. The predicted octanol–water partition coefficient (Wildman–Crippen LogP) is 1.94. The summed E-state index contributed by atoms with van der Waals surface area (Å²) >= 11 is 0. The van der Waals surface area contributed by atoms with Crippen molar-refractivity contribution in [2.45, 2.75) is 31.5 Å². The van der Waals surface area contributed by atoms with Crippen LogP contribution in [0.1, 0.15) is 28.7 Å². The Labute approximate surface area is 185 Å². The van der Waals surface area contributed by atoms with E-state index in [9.17, 15) is 14.4 Å². The molecule has 1 saturated heterocycles. The lowest BCUT2D eigenvalue weighted by atomic mass is 9.92. The first-order chi connectivity index (χ1) is 15.5. The largest absolute Gasteiger partial charge is 0.350 e. The number of nitrogens with one attached hydrogen (secondary N) is 2. The van der Waals surface area contributed by atoms with Gasteiger partial charge in [-0.05, 0) is 35.1 Å². The lowest BCUT2D eigenvalue weighted by Gasteiger charge is -2.22. The van der Waals surface area contributed by atoms with Crippen LogP contribution in [-0.2, 0) is 34.6 Å². The molecule has 8 heteroatoms. The molecule has 0 saturated carbocycles. The number of nitrogens with zero attached hydrogens (tertiary/aromatic N) is 3. The molecule has 1 unspecified atom stereocenters. The zero-order valence-corrected chi connectivity index (χ0v) is 17.5. The summed E-state index contributed by atoms with van der Waals surface area (Å²) in [6.45, 7) is 0.749. The van der Waals surface area contributed by atoms with Crippen LogP contribution in [0.25, 0.3) is 0 Å². The molecular formula is C24H23N5O3. The molecule has 1 aromatic heterocycles. The Morgan fingerprint density at radius 3 is 2.66 bits per heavy atom. The first-order valence-electron chi connectivity index (χ1n) is 10.6. The second-order valence-electron chi connectivity index (χ2n) is 8.21. The SMILES string of the molecule is O=C(CN1C(=O)NC2(CCc3ccccc32)C1=O)NCc1ccc(Cn2ccnc2)cc1. The molecule has 0 radical (unpaired) electrons. The first-order valence-corrected chi connectivity index (χ1v) is 10.6. The zero-order chi connectivity index (χ0) is 22.1. The van der Waals surface area contributed by atoms with Gasteiger partial charge in [-0.25, -0.2) is 9.78 Å². The summed E-state index contributed by atoms with van der Waals surface area (Å²) in [5.74, 6) is -0.731. The number of rotatable bonds is 6. The van der Waals surface area contributed by atoms with Crippen molar-refractivity contribution < 1.29 is 14.4 Å². The van der Waals surface area contributed by atoms with Gasteiger partial charge in [0.05, 0.1) is 6.33 Å². The molecule has 2 aliphatic rings. The number of carbonyl (C=O) groups is 3. The molecule has 2 aromatic carbocycles. The number of urea groups is 1. The molecule has 1 fully saturated rings. The van der Waals surface area contributed by atoms with E-state index in [0.29, 0.717) is 13.0 Å². The summed E-state index contributed by atoms with van der Waals surface area (Å²) in [5.41, 5.74) is 2.91. The molecule has 162 valence electrons. The fourth-order valence-corrected chi connectivity index (χ4v) is 4.49. The summed E-state index contributed by atoms with van der Waals surface area (Å²) in [5, 5.41) is 5.64. The van der Waals surface area contributed by atoms with E-state index < -0.39 is 11.6 Å². The number of aromatic nitrogens is 2. The molecule has 1 aliphatic heterocycles. The number of hydrogen-bond donors (Lipinski definition) is 2. The van der Waals surface area contributed by atoms with E-state index in [1.54, 1.807) is 12.5 Å². The molecular weight excluding hydrogens is 406 g/mol. The van der Waals surface area contributed by atoms with E-state index in [1.165, 1.54) is 0 Å². The second kappa shape index (κ2) is 7.96. The lowest BCUT2D eigenvalue weighted by Crippen LogP contribution is -2.43. The van der Waals surface area contributed by atoms with Crippen LogP contribution in [0.3, 0.4) is 0 Å². The minimum Gasteiger partial charge on any atom is -0.350 e. The molecule has 32 heavy (non-hydrogen) atoms. The molecule has 1 aliphatic carbocycles. The van der Waals surface area contributed by atoms with Gasteiger partial charge in [0.15, 0.2) is 0 Å². The fourth-order valence-electron chi connectivity index (χ4n) is 4.49. The van der Waals surface area contributed by atoms with Crippen LogP contribution < -0.4 is 10.6 Å². The number of amides is 4. The maximum atomic E-state index is 13.1. The van der Waals surface area contributed by atoms with Crippen molar-refractivity contribution in [2.75, 3.05) is 6.54 Å². The molecule has 4 amide bonds. The van der Waals surface area contributed by atoms with Crippen LogP contribution in [0, 0.1) is 0 Å². The quantitative estimate of drug-likeness (QED) is 0.586. The Morgan fingerprint density at radius 1 is 1.09 bits per heavy atom. The van der Waals surface area contributed by atoms with E-state index in [1.807, 2.05) is 59.3 Å². The van der Waals surface area contributed by atoms with Crippen molar-refractivity contribution in [3.8, 4) is 0 Å². The smallest absolute Gasteiger partial charge is 0.325 e. The predicted molar refractivity (Wildman–Crippen MR) is 116 cm³/mol. The highest BCUT2D eigenvalue weighted by molar-refractivity contribution is 6.09. The van der Waals surface area contributed by atoms with Crippen molar-refractivity contribution in [3.05, 3.63) is 89.5 Å². The molecule has 1 atom stereocenters. The van der Waals surface area contributed by atoms with Crippen molar-refractivity contribution in [1.29, 1.82) is 0 Å². The summed E-state index contributed by atoms with van der Waals surface area (Å²) in [6, 6.07) is 15.0. The van der Waals surface area contributed by atoms with Gasteiger partial charge in [0.1, 0.15) is 12.1 Å². The van der Waals surface area contributed by atoms with Crippen molar-refractivity contribution >= 4 is 17.8 Å². The Kier molecular flexibility index (Phi) is 4.97. The van der Waals surface area contributed by atoms with E-state index in [2.05, 4.69) is 15.6 Å². The van der Waals surface area contributed by atoms with Crippen LogP contribution in [-0.4, -0.2) is 38.8 Å². The molecule has 0 bridgehead atoms. The number of aryl methyl sites for hydroxylation is 1. The van der Waals surface area contributed by atoms with Gasteiger partial charge in [-0.1, -0.05) is 48.5 Å². The van der Waals surface area contributed by atoms with Gasteiger partial charge >= 0.3 is 6.03 Å². The molecule has 2 N–H and O–H groups in total. The minimum absolute atomic E-state index is 0.298. The van der Waals surface area contributed by atoms with Gasteiger partial charge in [-0.15, -0.1) is 0 Å². The Balaban J connectivity index is 1.19. The van der Waals surface area contributed by atoms with Crippen molar-refractivity contribution in [1.82, 2.24) is 25.1 Å². The normalized spacial score (nSPS) is 19.3. The summed E-state index contributed by atoms with van der Waals surface area (Å²) in [4.78, 5) is 43.2. The number of imidazole rings is 1. The summed E-state index contributed by atoms with van der Waals surface area (Å²) in [7, 11) is 0. The zero-order valence-electron chi connectivity index (χ0n) is 17.5. The van der Waals surface area contributed by atoms with Gasteiger partial charge in [0, 0.05) is 25.5 Å². The molecule has 5 rings (SSSR count). The number of imide groups is 1. The third kappa shape index (κ3) is 3.53. The lowest BCUT2D eigenvalue weighted by molar-refractivity contribution is -0.135. The average Bonchev–Trinajstić information content (AvgIpc) is 3.50. The molecule has 2 heterocycles. The summed E-state index contributed by atoms with van der Waals surface area (Å²) in [6.07, 6.45) is 6.64. The van der Waals surface area contributed by atoms with Gasteiger partial charge in [-0.3, -0.25) is 14.5 Å². The van der Waals surface area contributed by atoms with Gasteiger partial charge in [0.2, 0.25) is 5.91 Å². The molecule has 1 spiro atoms. The topological polar surface area (TPSA) is 96.3 Å². The maximum absolute atomic E-state index is 13.1. The van der Waals surface area contributed by atoms with Crippen LogP contribution in [0.2, 0.25) is 0 Å². The minimum atomic E-state index is -1.04. The monoisotopic (exact) mass is 429 g/mol.